The van der Waals surface area contributed by atoms with Crippen molar-refractivity contribution >= 4 is 29.7 Å². The summed E-state index contributed by atoms with van der Waals surface area (Å²) in [6, 6.07) is 15.5. The van der Waals surface area contributed by atoms with Crippen molar-refractivity contribution < 1.29 is 24.2 Å². The second kappa shape index (κ2) is 11.6. The Bertz CT molecular complexity index is 919. The first-order chi connectivity index (χ1) is 15.5. The van der Waals surface area contributed by atoms with Crippen LogP contribution < -0.4 is 10.6 Å². The molecule has 8 heteroatoms. The van der Waals surface area contributed by atoms with Crippen LogP contribution in [-0.2, 0) is 14.3 Å². The maximum Gasteiger partial charge on any atom is 0.407 e. The number of carbonyl (C=O) groups excluding carboxylic acids is 2. The van der Waals surface area contributed by atoms with Crippen molar-refractivity contribution in [2.75, 3.05) is 24.7 Å². The molecule has 0 saturated heterocycles. The number of carbonyl (C=O) groups is 3. The van der Waals surface area contributed by atoms with Crippen LogP contribution in [-0.4, -0.2) is 53.8 Å². The summed E-state index contributed by atoms with van der Waals surface area (Å²) in [4.78, 5) is 35.5. The molecule has 7 nitrogen and oxygen atoms in total. The molecule has 1 aliphatic rings. The van der Waals surface area contributed by atoms with Gasteiger partial charge in [0.25, 0.3) is 0 Å². The van der Waals surface area contributed by atoms with E-state index in [1.165, 1.54) is 11.8 Å². The van der Waals surface area contributed by atoms with Gasteiger partial charge in [-0.2, -0.15) is 0 Å². The van der Waals surface area contributed by atoms with Crippen molar-refractivity contribution in [3.63, 3.8) is 0 Å². The number of amides is 2. The van der Waals surface area contributed by atoms with Crippen LogP contribution in [0.3, 0.4) is 0 Å². The van der Waals surface area contributed by atoms with Crippen LogP contribution in [0.25, 0.3) is 11.1 Å². The number of aliphatic carboxylic acids is 1. The highest BCUT2D eigenvalue weighted by Gasteiger charge is 2.29. The van der Waals surface area contributed by atoms with E-state index in [0.717, 1.165) is 28.7 Å². The lowest BCUT2D eigenvalue weighted by Gasteiger charge is -2.19. The third-order valence-electron chi connectivity index (χ3n) is 5.30. The molecule has 0 radical (unpaired) electrons. The number of rotatable bonds is 11. The highest BCUT2D eigenvalue weighted by Crippen LogP contribution is 2.44. The van der Waals surface area contributed by atoms with Gasteiger partial charge >= 0.3 is 12.1 Å². The van der Waals surface area contributed by atoms with Crippen molar-refractivity contribution in [2.24, 2.45) is 0 Å². The number of ether oxygens (including phenoxy) is 1. The second-order valence-corrected chi connectivity index (χ2v) is 8.65. The molecular formula is C24H28N2O5S. The van der Waals surface area contributed by atoms with Gasteiger partial charge in [0.2, 0.25) is 5.91 Å². The van der Waals surface area contributed by atoms with Gasteiger partial charge in [0.1, 0.15) is 12.6 Å². The predicted molar refractivity (Wildman–Crippen MR) is 125 cm³/mol. The summed E-state index contributed by atoms with van der Waals surface area (Å²) in [5, 5.41) is 14.1. The molecule has 32 heavy (non-hydrogen) atoms. The Balaban J connectivity index is 1.53. The van der Waals surface area contributed by atoms with Crippen LogP contribution in [0.2, 0.25) is 0 Å². The fourth-order valence-corrected chi connectivity index (χ4v) is 4.43. The number of nitrogens with one attached hydrogen (secondary N) is 2. The molecule has 3 N–H and O–H groups in total. The van der Waals surface area contributed by atoms with E-state index in [2.05, 4.69) is 34.9 Å². The summed E-state index contributed by atoms with van der Waals surface area (Å²) in [5.74, 6) is -0.745. The van der Waals surface area contributed by atoms with E-state index < -0.39 is 18.1 Å². The number of thioether (sulfide) groups is 1. The van der Waals surface area contributed by atoms with Crippen molar-refractivity contribution in [3.8, 4) is 11.1 Å². The first-order valence-electron chi connectivity index (χ1n) is 10.7. The van der Waals surface area contributed by atoms with Gasteiger partial charge in [0.05, 0.1) is 5.75 Å². The molecule has 0 fully saturated rings. The lowest BCUT2D eigenvalue weighted by molar-refractivity contribution is -0.133. The lowest BCUT2D eigenvalue weighted by atomic mass is 9.98. The quantitative estimate of drug-likeness (QED) is 0.446. The third kappa shape index (κ3) is 6.03. The van der Waals surface area contributed by atoms with E-state index in [4.69, 9.17) is 9.84 Å². The van der Waals surface area contributed by atoms with E-state index >= 15 is 0 Å². The maximum atomic E-state index is 12.5. The van der Waals surface area contributed by atoms with Crippen LogP contribution in [0.5, 0.6) is 0 Å². The lowest BCUT2D eigenvalue weighted by Crippen LogP contribution is -2.47. The summed E-state index contributed by atoms with van der Waals surface area (Å²) in [7, 11) is 0. The van der Waals surface area contributed by atoms with Crippen LogP contribution in [0.4, 0.5) is 4.79 Å². The molecule has 0 heterocycles. The van der Waals surface area contributed by atoms with E-state index in [0.29, 0.717) is 18.7 Å². The molecule has 2 amide bonds. The summed E-state index contributed by atoms with van der Waals surface area (Å²) < 4.78 is 5.54. The average molecular weight is 457 g/mol. The zero-order chi connectivity index (χ0) is 22.9. The molecule has 2 aromatic rings. The Labute approximate surface area is 191 Å². The van der Waals surface area contributed by atoms with Gasteiger partial charge in [-0.15, -0.1) is 11.8 Å². The summed E-state index contributed by atoms with van der Waals surface area (Å²) >= 11 is 1.23. The number of fused-ring (bicyclic) bond motifs is 3. The van der Waals surface area contributed by atoms with E-state index in [9.17, 15) is 14.4 Å². The number of carboxylic acids is 1. The molecule has 0 saturated carbocycles. The molecule has 0 spiro atoms. The van der Waals surface area contributed by atoms with Gasteiger partial charge < -0.3 is 20.5 Å². The third-order valence-corrected chi connectivity index (χ3v) is 6.24. The molecule has 2 aromatic carbocycles. The van der Waals surface area contributed by atoms with Crippen LogP contribution in [0.1, 0.15) is 36.8 Å². The van der Waals surface area contributed by atoms with Crippen LogP contribution in [0.15, 0.2) is 48.5 Å². The van der Waals surface area contributed by atoms with Gasteiger partial charge in [-0.3, -0.25) is 9.59 Å². The summed E-state index contributed by atoms with van der Waals surface area (Å²) in [5.41, 5.74) is 4.56. The van der Waals surface area contributed by atoms with Gasteiger partial charge in [-0.05, 0) is 28.7 Å². The number of alkyl carbamates (subject to hydrolysis) is 1. The topological polar surface area (TPSA) is 105 Å². The van der Waals surface area contributed by atoms with Crippen LogP contribution in [0, 0.1) is 0 Å². The zero-order valence-corrected chi connectivity index (χ0v) is 18.8. The van der Waals surface area contributed by atoms with Gasteiger partial charge in [0, 0.05) is 18.2 Å². The number of hydrogen-bond acceptors (Lipinski definition) is 5. The fourth-order valence-electron chi connectivity index (χ4n) is 3.87. The Morgan fingerprint density at radius 1 is 1.06 bits per heavy atom. The minimum Gasteiger partial charge on any atom is -0.481 e. The number of hydrogen-bond donors (Lipinski definition) is 3. The maximum absolute atomic E-state index is 12.5. The molecular weight excluding hydrogens is 428 g/mol. The van der Waals surface area contributed by atoms with Gasteiger partial charge in [0.15, 0.2) is 0 Å². The average Bonchev–Trinajstić information content (AvgIpc) is 3.10. The Morgan fingerprint density at radius 3 is 2.28 bits per heavy atom. The first-order valence-corrected chi connectivity index (χ1v) is 11.9. The Morgan fingerprint density at radius 2 is 1.69 bits per heavy atom. The molecule has 1 atom stereocenters. The minimum atomic E-state index is -0.887. The number of carboxylic acid groups (broad SMARTS) is 1. The molecule has 0 aliphatic heterocycles. The normalized spacial score (nSPS) is 13.0. The second-order valence-electron chi connectivity index (χ2n) is 7.55. The van der Waals surface area contributed by atoms with E-state index in [1.54, 1.807) is 0 Å². The van der Waals surface area contributed by atoms with Gasteiger partial charge in [-0.1, -0.05) is 61.9 Å². The van der Waals surface area contributed by atoms with Crippen molar-refractivity contribution in [1.82, 2.24) is 10.6 Å². The van der Waals surface area contributed by atoms with E-state index in [1.807, 2.05) is 31.2 Å². The van der Waals surface area contributed by atoms with Crippen LogP contribution >= 0.6 is 11.8 Å². The fraction of sp³-hybridized carbons (Fsp3) is 0.375. The molecule has 3 rings (SSSR count). The predicted octanol–water partition coefficient (Wildman–Crippen LogP) is 3.63. The Kier molecular flexibility index (Phi) is 8.56. The first kappa shape index (κ1) is 23.7. The van der Waals surface area contributed by atoms with Crippen molar-refractivity contribution in [3.05, 3.63) is 59.7 Å². The van der Waals surface area contributed by atoms with Crippen molar-refractivity contribution in [1.29, 1.82) is 0 Å². The molecule has 0 unspecified atom stereocenters. The molecule has 0 bridgehead atoms. The molecule has 0 aromatic heterocycles. The zero-order valence-electron chi connectivity index (χ0n) is 18.0. The smallest absolute Gasteiger partial charge is 0.407 e. The number of benzene rings is 2. The van der Waals surface area contributed by atoms with Gasteiger partial charge in [-0.25, -0.2) is 4.79 Å². The largest absolute Gasteiger partial charge is 0.481 e. The highest BCUT2D eigenvalue weighted by atomic mass is 32.2. The van der Waals surface area contributed by atoms with E-state index in [-0.39, 0.29) is 24.2 Å². The highest BCUT2D eigenvalue weighted by molar-refractivity contribution is 7.99. The molecule has 170 valence electrons. The minimum absolute atomic E-state index is 0.00768. The molecule has 1 aliphatic carbocycles. The SMILES string of the molecule is CCC[C@@H](NC(=O)OCC1c2ccccc2-c2ccccc21)C(=O)NCCSCC(=O)O. The van der Waals surface area contributed by atoms with Crippen molar-refractivity contribution in [2.45, 2.75) is 31.7 Å². The summed E-state index contributed by atoms with van der Waals surface area (Å²) in [6.45, 7) is 2.46. The monoisotopic (exact) mass is 456 g/mol. The standard InChI is InChI=1S/C24H28N2O5S/c1-2-7-21(23(29)25-12-13-32-15-22(27)28)26-24(30)31-14-20-18-10-5-3-8-16(18)17-9-4-6-11-19(17)20/h3-6,8-11,20-21H,2,7,12-15H2,1H3,(H,25,29)(H,26,30)(H,27,28)/t21-/m1/s1. The summed E-state index contributed by atoms with van der Waals surface area (Å²) in [6.07, 6.45) is 0.578. The Hall–Kier alpha value is -3.00.